The van der Waals surface area contributed by atoms with E-state index in [1.165, 1.54) is 11.6 Å². The van der Waals surface area contributed by atoms with Gasteiger partial charge in [-0.2, -0.15) is 0 Å². The van der Waals surface area contributed by atoms with E-state index in [9.17, 15) is 9.90 Å². The van der Waals surface area contributed by atoms with Crippen LogP contribution in [0.4, 0.5) is 0 Å². The average molecular weight is 226 g/mol. The lowest BCUT2D eigenvalue weighted by atomic mass is 9.84. The summed E-state index contributed by atoms with van der Waals surface area (Å²) in [5.41, 5.74) is 0. The molecule has 2 N–H and O–H groups in total. The summed E-state index contributed by atoms with van der Waals surface area (Å²) in [6.45, 7) is 1.42. The number of hydrogen-bond acceptors (Lipinski definition) is 5. The molecular formula is C9H14N4O3. The molecule has 0 saturated heterocycles. The van der Waals surface area contributed by atoms with Crippen molar-refractivity contribution in [3.8, 4) is 0 Å². The van der Waals surface area contributed by atoms with Crippen molar-refractivity contribution < 1.29 is 15.0 Å². The van der Waals surface area contributed by atoms with E-state index >= 15 is 0 Å². The van der Waals surface area contributed by atoms with Crippen LogP contribution in [-0.4, -0.2) is 42.5 Å². The minimum absolute atomic E-state index is 0.232. The SMILES string of the molecule is CC(O)C(C(=O)O)n1nnnc1C1CCC1. The summed E-state index contributed by atoms with van der Waals surface area (Å²) in [7, 11) is 0. The first-order chi connectivity index (χ1) is 7.61. The summed E-state index contributed by atoms with van der Waals surface area (Å²) < 4.78 is 1.23. The second kappa shape index (κ2) is 4.17. The third kappa shape index (κ3) is 1.78. The number of carbonyl (C=O) groups is 1. The van der Waals surface area contributed by atoms with E-state index in [0.29, 0.717) is 5.82 Å². The molecule has 0 spiro atoms. The van der Waals surface area contributed by atoms with Gasteiger partial charge in [-0.1, -0.05) is 6.42 Å². The van der Waals surface area contributed by atoms with Gasteiger partial charge >= 0.3 is 5.97 Å². The summed E-state index contributed by atoms with van der Waals surface area (Å²) in [5, 5.41) is 29.5. The first kappa shape index (κ1) is 11.0. The fourth-order valence-corrected chi connectivity index (χ4v) is 1.85. The molecule has 0 amide bonds. The molecule has 16 heavy (non-hydrogen) atoms. The minimum Gasteiger partial charge on any atom is -0.480 e. The van der Waals surface area contributed by atoms with Crippen LogP contribution in [0.3, 0.4) is 0 Å². The van der Waals surface area contributed by atoms with Gasteiger partial charge in [-0.25, -0.2) is 9.48 Å². The number of rotatable bonds is 4. The van der Waals surface area contributed by atoms with Crippen molar-refractivity contribution in [2.24, 2.45) is 0 Å². The summed E-state index contributed by atoms with van der Waals surface area (Å²) in [4.78, 5) is 11.0. The maximum absolute atomic E-state index is 11.0. The molecule has 1 aromatic heterocycles. The van der Waals surface area contributed by atoms with E-state index in [0.717, 1.165) is 19.3 Å². The van der Waals surface area contributed by atoms with E-state index in [-0.39, 0.29) is 5.92 Å². The Morgan fingerprint density at radius 1 is 1.56 bits per heavy atom. The Bertz CT molecular complexity index is 386. The van der Waals surface area contributed by atoms with Gasteiger partial charge in [0.05, 0.1) is 6.10 Å². The average Bonchev–Trinajstić information content (AvgIpc) is 2.49. The van der Waals surface area contributed by atoms with Gasteiger partial charge in [0.15, 0.2) is 11.9 Å². The van der Waals surface area contributed by atoms with Gasteiger partial charge in [-0.15, -0.1) is 5.10 Å². The molecule has 1 aromatic rings. The molecule has 0 radical (unpaired) electrons. The Labute approximate surface area is 92.1 Å². The number of aromatic nitrogens is 4. The first-order valence-electron chi connectivity index (χ1n) is 5.30. The largest absolute Gasteiger partial charge is 0.480 e. The lowest BCUT2D eigenvalue weighted by Crippen LogP contribution is -2.32. The highest BCUT2D eigenvalue weighted by Gasteiger charge is 2.33. The molecule has 0 aliphatic heterocycles. The van der Waals surface area contributed by atoms with Crippen LogP contribution in [0.1, 0.15) is 44.0 Å². The highest BCUT2D eigenvalue weighted by Crippen LogP contribution is 2.35. The number of hydrogen-bond donors (Lipinski definition) is 2. The van der Waals surface area contributed by atoms with Crippen molar-refractivity contribution in [2.75, 3.05) is 0 Å². The number of carboxylic acid groups (broad SMARTS) is 1. The van der Waals surface area contributed by atoms with Crippen molar-refractivity contribution >= 4 is 5.97 Å². The zero-order valence-corrected chi connectivity index (χ0v) is 8.94. The predicted octanol–water partition coefficient (Wildman–Crippen LogP) is -0.0529. The van der Waals surface area contributed by atoms with Crippen LogP contribution in [-0.2, 0) is 4.79 Å². The van der Waals surface area contributed by atoms with Gasteiger partial charge in [-0.3, -0.25) is 0 Å². The van der Waals surface area contributed by atoms with Crippen LogP contribution in [0.2, 0.25) is 0 Å². The molecule has 1 aliphatic carbocycles. The van der Waals surface area contributed by atoms with E-state index < -0.39 is 18.1 Å². The lowest BCUT2D eigenvalue weighted by molar-refractivity contribution is -0.144. The van der Waals surface area contributed by atoms with E-state index in [2.05, 4.69) is 15.5 Å². The van der Waals surface area contributed by atoms with Crippen LogP contribution < -0.4 is 0 Å². The summed E-state index contributed by atoms with van der Waals surface area (Å²) >= 11 is 0. The fraction of sp³-hybridized carbons (Fsp3) is 0.778. The smallest absolute Gasteiger partial charge is 0.331 e. The highest BCUT2D eigenvalue weighted by molar-refractivity contribution is 5.72. The number of aliphatic hydroxyl groups excluding tert-OH is 1. The number of nitrogens with zero attached hydrogens (tertiary/aromatic N) is 4. The van der Waals surface area contributed by atoms with E-state index in [1.807, 2.05) is 0 Å². The van der Waals surface area contributed by atoms with Crippen molar-refractivity contribution in [3.63, 3.8) is 0 Å². The molecule has 2 unspecified atom stereocenters. The van der Waals surface area contributed by atoms with Gasteiger partial charge in [0, 0.05) is 5.92 Å². The molecule has 0 bridgehead atoms. The number of aliphatic hydroxyl groups is 1. The third-order valence-electron chi connectivity index (χ3n) is 2.96. The maximum atomic E-state index is 11.0. The third-order valence-corrected chi connectivity index (χ3v) is 2.96. The molecule has 0 aromatic carbocycles. The monoisotopic (exact) mass is 226 g/mol. The van der Waals surface area contributed by atoms with Gasteiger partial charge in [0.2, 0.25) is 0 Å². The van der Waals surface area contributed by atoms with Crippen LogP contribution in [0, 0.1) is 0 Å². The Morgan fingerprint density at radius 2 is 2.25 bits per heavy atom. The number of tetrazole rings is 1. The van der Waals surface area contributed by atoms with Crippen molar-refractivity contribution in [1.29, 1.82) is 0 Å². The molecule has 2 rings (SSSR count). The molecule has 7 heteroatoms. The lowest BCUT2D eigenvalue weighted by Gasteiger charge is -2.26. The molecule has 7 nitrogen and oxygen atoms in total. The molecule has 1 saturated carbocycles. The maximum Gasteiger partial charge on any atom is 0.331 e. The van der Waals surface area contributed by atoms with E-state index in [4.69, 9.17) is 5.11 Å². The van der Waals surface area contributed by atoms with Gasteiger partial charge in [-0.05, 0) is 30.2 Å². The van der Waals surface area contributed by atoms with Crippen LogP contribution in [0.15, 0.2) is 0 Å². The zero-order chi connectivity index (χ0) is 11.7. The normalized spacial score (nSPS) is 20.1. The van der Waals surface area contributed by atoms with E-state index in [1.54, 1.807) is 0 Å². The minimum atomic E-state index is -1.12. The molecule has 1 fully saturated rings. The summed E-state index contributed by atoms with van der Waals surface area (Å²) in [6, 6.07) is -1.11. The molecule has 2 atom stereocenters. The van der Waals surface area contributed by atoms with Crippen molar-refractivity contribution in [2.45, 2.75) is 44.2 Å². The fourth-order valence-electron chi connectivity index (χ4n) is 1.85. The van der Waals surface area contributed by atoms with Crippen LogP contribution in [0.5, 0.6) is 0 Å². The number of carboxylic acids is 1. The second-order valence-electron chi connectivity index (χ2n) is 4.13. The Balaban J connectivity index is 2.30. The van der Waals surface area contributed by atoms with Crippen molar-refractivity contribution in [3.05, 3.63) is 5.82 Å². The van der Waals surface area contributed by atoms with Gasteiger partial charge in [0.25, 0.3) is 0 Å². The molecule has 88 valence electrons. The van der Waals surface area contributed by atoms with Crippen LogP contribution in [0.25, 0.3) is 0 Å². The first-order valence-corrected chi connectivity index (χ1v) is 5.30. The highest BCUT2D eigenvalue weighted by atomic mass is 16.4. The van der Waals surface area contributed by atoms with Gasteiger partial charge in [0.1, 0.15) is 0 Å². The van der Waals surface area contributed by atoms with Gasteiger partial charge < -0.3 is 10.2 Å². The Morgan fingerprint density at radius 3 is 2.69 bits per heavy atom. The zero-order valence-electron chi connectivity index (χ0n) is 8.94. The Hall–Kier alpha value is -1.50. The topological polar surface area (TPSA) is 101 Å². The standard InChI is InChI=1S/C9H14N4O3/c1-5(14)7(9(15)16)13-8(10-11-12-13)6-3-2-4-6/h5-7,14H,2-4H2,1H3,(H,15,16). The van der Waals surface area contributed by atoms with Crippen LogP contribution >= 0.6 is 0 Å². The van der Waals surface area contributed by atoms with Crippen molar-refractivity contribution in [1.82, 2.24) is 20.2 Å². The summed E-state index contributed by atoms with van der Waals surface area (Å²) in [5.74, 6) is -0.321. The molecular weight excluding hydrogens is 212 g/mol. The molecule has 1 heterocycles. The Kier molecular flexibility index (Phi) is 2.86. The second-order valence-corrected chi connectivity index (χ2v) is 4.13. The number of aliphatic carboxylic acids is 1. The molecule has 1 aliphatic rings. The quantitative estimate of drug-likeness (QED) is 0.746. The summed E-state index contributed by atoms with van der Waals surface area (Å²) in [6.07, 6.45) is 2.04. The predicted molar refractivity (Wildman–Crippen MR) is 52.8 cm³/mol.